The molecule has 0 aliphatic rings. The largest absolute Gasteiger partial charge is 0.396 e. The number of carbonyl (C=O) groups excluding carboxylic acids is 2. The number of amides is 1. The first kappa shape index (κ1) is 21.3. The smallest absolute Gasteiger partial charge is 0.249 e. The van der Waals surface area contributed by atoms with E-state index in [1.54, 1.807) is 32.0 Å². The fourth-order valence-corrected chi connectivity index (χ4v) is 2.35. The van der Waals surface area contributed by atoms with Gasteiger partial charge in [-0.1, -0.05) is 39.0 Å². The Morgan fingerprint density at radius 1 is 1.28 bits per heavy atom. The quantitative estimate of drug-likeness (QED) is 0.599. The van der Waals surface area contributed by atoms with E-state index in [1.807, 2.05) is 6.92 Å². The van der Waals surface area contributed by atoms with Crippen LogP contribution in [0.5, 0.6) is 0 Å². The minimum Gasteiger partial charge on any atom is -0.396 e. The number of aryl methyl sites for hydroxylation is 1. The van der Waals surface area contributed by atoms with Crippen molar-refractivity contribution in [2.75, 3.05) is 13.2 Å². The number of nitrogens with one attached hydrogen (secondary N) is 1. The minimum atomic E-state index is -1.32. The molecule has 0 bridgehead atoms. The van der Waals surface area contributed by atoms with Gasteiger partial charge in [0.05, 0.1) is 6.61 Å². The molecule has 25 heavy (non-hydrogen) atoms. The fraction of sp³-hybridized carbons (Fsp3) is 0.579. The highest BCUT2D eigenvalue weighted by Crippen LogP contribution is 2.19. The molecule has 0 heterocycles. The van der Waals surface area contributed by atoms with Gasteiger partial charge in [0.1, 0.15) is 17.7 Å². The Balaban J connectivity index is 2.36. The predicted octanol–water partition coefficient (Wildman–Crippen LogP) is 1.85. The number of rotatable bonds is 10. The molecule has 1 aromatic rings. The number of hydrogen-bond acceptors (Lipinski definition) is 4. The molecule has 1 rings (SSSR count). The zero-order chi connectivity index (χ0) is 19.0. The average Bonchev–Trinajstić information content (AvgIpc) is 2.58. The molecule has 0 fully saturated rings. The molecular weight excluding hydrogens is 325 g/mol. The average molecular weight is 353 g/mol. The van der Waals surface area contributed by atoms with Crippen LogP contribution in [0.1, 0.15) is 39.2 Å². The molecule has 2 atom stereocenters. The molecular formula is C19H28FNO4. The Hall–Kier alpha value is -1.79. The van der Waals surface area contributed by atoms with E-state index in [0.29, 0.717) is 12.0 Å². The standard InChI is InChI=1S/C19H28FNO4/c1-13(11-21-18(25)17(24)19(2,3)12-22)10-15(23)9-8-14-6-4-5-7-16(14)20/h4-7,13,17,22,24H,8-12H2,1-3H3,(H,21,25)/t13-,17-/m0/s1. The van der Waals surface area contributed by atoms with Crippen molar-refractivity contribution in [2.45, 2.75) is 46.1 Å². The summed E-state index contributed by atoms with van der Waals surface area (Å²) >= 11 is 0. The Bertz CT molecular complexity index is 589. The van der Waals surface area contributed by atoms with Crippen LogP contribution < -0.4 is 5.32 Å². The maximum atomic E-state index is 13.5. The van der Waals surface area contributed by atoms with Crippen molar-refractivity contribution in [3.8, 4) is 0 Å². The van der Waals surface area contributed by atoms with E-state index in [2.05, 4.69) is 5.32 Å². The van der Waals surface area contributed by atoms with Crippen LogP contribution in [0.25, 0.3) is 0 Å². The molecule has 1 amide bonds. The molecule has 1 aromatic carbocycles. The summed E-state index contributed by atoms with van der Waals surface area (Å²) in [4.78, 5) is 23.9. The van der Waals surface area contributed by atoms with Crippen molar-refractivity contribution in [3.63, 3.8) is 0 Å². The lowest BCUT2D eigenvalue weighted by Crippen LogP contribution is -2.46. The summed E-state index contributed by atoms with van der Waals surface area (Å²) in [6.07, 6.45) is -0.442. The number of aliphatic hydroxyl groups excluding tert-OH is 2. The molecule has 0 saturated heterocycles. The van der Waals surface area contributed by atoms with Crippen LogP contribution >= 0.6 is 0 Å². The molecule has 0 aliphatic carbocycles. The normalized spacial score (nSPS) is 14.0. The highest BCUT2D eigenvalue weighted by Gasteiger charge is 2.32. The molecule has 5 nitrogen and oxygen atoms in total. The van der Waals surface area contributed by atoms with Crippen LogP contribution in [-0.2, 0) is 16.0 Å². The van der Waals surface area contributed by atoms with Crippen molar-refractivity contribution in [2.24, 2.45) is 11.3 Å². The maximum Gasteiger partial charge on any atom is 0.249 e. The van der Waals surface area contributed by atoms with Gasteiger partial charge in [-0.15, -0.1) is 0 Å². The van der Waals surface area contributed by atoms with E-state index >= 15 is 0 Å². The van der Waals surface area contributed by atoms with Gasteiger partial charge in [0.2, 0.25) is 5.91 Å². The van der Waals surface area contributed by atoms with Gasteiger partial charge in [0.25, 0.3) is 0 Å². The van der Waals surface area contributed by atoms with Crippen LogP contribution in [-0.4, -0.2) is 41.2 Å². The summed E-state index contributed by atoms with van der Waals surface area (Å²) in [5.74, 6) is -0.969. The number of halogens is 1. The summed E-state index contributed by atoms with van der Waals surface area (Å²) in [6.45, 7) is 4.94. The molecule has 0 aliphatic heterocycles. The van der Waals surface area contributed by atoms with E-state index in [0.717, 1.165) is 0 Å². The molecule has 3 N–H and O–H groups in total. The van der Waals surface area contributed by atoms with Gasteiger partial charge in [-0.25, -0.2) is 4.39 Å². The van der Waals surface area contributed by atoms with Crippen molar-refractivity contribution < 1.29 is 24.2 Å². The van der Waals surface area contributed by atoms with E-state index in [9.17, 15) is 24.2 Å². The SMILES string of the molecule is C[C@H](CNC(=O)[C@H](O)C(C)(C)CO)CC(=O)CCc1ccccc1F. The van der Waals surface area contributed by atoms with Crippen LogP contribution in [0.15, 0.2) is 24.3 Å². The predicted molar refractivity (Wildman–Crippen MR) is 93.4 cm³/mol. The molecule has 0 radical (unpaired) electrons. The van der Waals surface area contributed by atoms with Gasteiger partial charge in [-0.05, 0) is 24.0 Å². The summed E-state index contributed by atoms with van der Waals surface area (Å²) in [6, 6.07) is 6.38. The van der Waals surface area contributed by atoms with Crippen molar-refractivity contribution in [3.05, 3.63) is 35.6 Å². The number of ketones is 1. The lowest BCUT2D eigenvalue weighted by molar-refractivity contribution is -0.137. The second-order valence-corrected chi connectivity index (χ2v) is 7.23. The first-order valence-electron chi connectivity index (χ1n) is 8.49. The molecule has 0 aromatic heterocycles. The van der Waals surface area contributed by atoms with Crippen LogP contribution in [0.3, 0.4) is 0 Å². The van der Waals surface area contributed by atoms with Gasteiger partial charge in [-0.3, -0.25) is 9.59 Å². The van der Waals surface area contributed by atoms with Crippen molar-refractivity contribution >= 4 is 11.7 Å². The van der Waals surface area contributed by atoms with Gasteiger partial charge in [0, 0.05) is 24.8 Å². The lowest BCUT2D eigenvalue weighted by Gasteiger charge is -2.27. The zero-order valence-electron chi connectivity index (χ0n) is 15.1. The van der Waals surface area contributed by atoms with Crippen LogP contribution in [0.4, 0.5) is 4.39 Å². The summed E-state index contributed by atoms with van der Waals surface area (Å²) in [5, 5.41) is 21.7. The molecule has 0 saturated carbocycles. The third kappa shape index (κ3) is 6.92. The maximum absolute atomic E-state index is 13.5. The second-order valence-electron chi connectivity index (χ2n) is 7.23. The summed E-state index contributed by atoms with van der Waals surface area (Å²) < 4.78 is 13.5. The first-order chi connectivity index (χ1) is 11.7. The third-order valence-corrected chi connectivity index (χ3v) is 4.23. The molecule has 6 heteroatoms. The van der Waals surface area contributed by atoms with Crippen molar-refractivity contribution in [1.29, 1.82) is 0 Å². The van der Waals surface area contributed by atoms with Crippen LogP contribution in [0, 0.1) is 17.2 Å². The molecule has 0 unspecified atom stereocenters. The van der Waals surface area contributed by atoms with Gasteiger partial charge < -0.3 is 15.5 Å². The highest BCUT2D eigenvalue weighted by atomic mass is 19.1. The lowest BCUT2D eigenvalue weighted by atomic mass is 9.87. The Kier molecular flexibility index (Phi) is 8.19. The number of aliphatic hydroxyl groups is 2. The van der Waals surface area contributed by atoms with E-state index in [4.69, 9.17) is 0 Å². The van der Waals surface area contributed by atoms with Gasteiger partial charge in [0.15, 0.2) is 0 Å². The van der Waals surface area contributed by atoms with Crippen molar-refractivity contribution in [1.82, 2.24) is 5.32 Å². The van der Waals surface area contributed by atoms with Crippen LogP contribution in [0.2, 0.25) is 0 Å². The first-order valence-corrected chi connectivity index (χ1v) is 8.49. The summed E-state index contributed by atoms with van der Waals surface area (Å²) in [7, 11) is 0. The minimum absolute atomic E-state index is 0.00115. The topological polar surface area (TPSA) is 86.6 Å². The highest BCUT2D eigenvalue weighted by molar-refractivity contribution is 5.81. The Morgan fingerprint density at radius 2 is 1.92 bits per heavy atom. The van der Waals surface area contributed by atoms with Gasteiger partial charge in [-0.2, -0.15) is 0 Å². The summed E-state index contributed by atoms with van der Waals surface area (Å²) in [5.41, 5.74) is -0.408. The second kappa shape index (κ2) is 9.63. The number of carbonyl (C=O) groups is 2. The van der Waals surface area contributed by atoms with Gasteiger partial charge >= 0.3 is 0 Å². The van der Waals surface area contributed by atoms with E-state index in [1.165, 1.54) is 6.07 Å². The third-order valence-electron chi connectivity index (χ3n) is 4.23. The molecule has 140 valence electrons. The van der Waals surface area contributed by atoms with E-state index in [-0.39, 0.29) is 43.5 Å². The zero-order valence-corrected chi connectivity index (χ0v) is 15.1. The van der Waals surface area contributed by atoms with E-state index < -0.39 is 17.4 Å². The number of Topliss-reactive ketones (excluding diaryl/α,β-unsaturated/α-hetero) is 1. The number of benzene rings is 1. The fourth-order valence-electron chi connectivity index (χ4n) is 2.35. The monoisotopic (exact) mass is 353 g/mol. The Labute approximate surface area is 148 Å². The molecule has 0 spiro atoms. The Morgan fingerprint density at radius 3 is 2.52 bits per heavy atom. The number of hydrogen-bond donors (Lipinski definition) is 3.